The molecule has 5 rings (SSSR count). The summed E-state index contributed by atoms with van der Waals surface area (Å²) >= 11 is 0. The van der Waals surface area contributed by atoms with Crippen molar-refractivity contribution in [1.82, 2.24) is 9.55 Å². The molecule has 1 amide bonds. The highest BCUT2D eigenvalue weighted by Gasteiger charge is 2.36. The summed E-state index contributed by atoms with van der Waals surface area (Å²) in [7, 11) is 1.61. The van der Waals surface area contributed by atoms with Gasteiger partial charge >= 0.3 is 0 Å². The predicted molar refractivity (Wildman–Crippen MR) is 135 cm³/mol. The molecule has 0 saturated carbocycles. The average molecular weight is 472 g/mol. The maximum Gasteiger partial charge on any atom is 0.227 e. The van der Waals surface area contributed by atoms with E-state index in [0.29, 0.717) is 25.3 Å². The van der Waals surface area contributed by atoms with Gasteiger partial charge in [-0.05, 0) is 43.3 Å². The zero-order chi connectivity index (χ0) is 24.4. The van der Waals surface area contributed by atoms with E-state index >= 15 is 0 Å². The van der Waals surface area contributed by atoms with Crippen molar-refractivity contribution >= 4 is 22.6 Å². The largest absolute Gasteiger partial charge is 0.495 e. The molecule has 1 aliphatic heterocycles. The first-order valence-corrected chi connectivity index (χ1v) is 11.8. The maximum atomic E-state index is 13.0. The summed E-state index contributed by atoms with van der Waals surface area (Å²) < 4.78 is 13.3. The lowest BCUT2D eigenvalue weighted by Gasteiger charge is -2.20. The van der Waals surface area contributed by atoms with Gasteiger partial charge in [0, 0.05) is 18.9 Å². The number of aliphatic hydroxyl groups excluding tert-OH is 1. The fourth-order valence-electron chi connectivity index (χ4n) is 4.65. The van der Waals surface area contributed by atoms with Crippen LogP contribution in [0, 0.1) is 6.92 Å². The summed E-state index contributed by atoms with van der Waals surface area (Å²) in [6.45, 7) is 3.00. The Morgan fingerprint density at radius 1 is 1.06 bits per heavy atom. The summed E-state index contributed by atoms with van der Waals surface area (Å²) in [5, 5.41) is 10.8. The minimum Gasteiger partial charge on any atom is -0.495 e. The van der Waals surface area contributed by atoms with Gasteiger partial charge in [-0.1, -0.05) is 42.0 Å². The Labute approximate surface area is 204 Å². The summed E-state index contributed by atoms with van der Waals surface area (Å²) in [6, 6.07) is 23.2. The number of nitrogens with zero attached hydrogens (tertiary/aromatic N) is 3. The number of benzene rings is 3. The highest BCUT2D eigenvalue weighted by Crippen LogP contribution is 2.37. The van der Waals surface area contributed by atoms with E-state index in [9.17, 15) is 9.90 Å². The van der Waals surface area contributed by atoms with Gasteiger partial charge in [-0.15, -0.1) is 0 Å². The Morgan fingerprint density at radius 2 is 1.80 bits per heavy atom. The Balaban J connectivity index is 1.39. The Hall–Kier alpha value is -3.84. The molecule has 3 aromatic carbocycles. The number of aryl methyl sites for hydroxylation is 1. The SMILES string of the molecule is COc1ccccc1N1CC(c2nc3ccccc3n2CC(O)COc2ccc(C)cc2)CC1=O. The number of imidazole rings is 1. The minimum atomic E-state index is -0.741. The highest BCUT2D eigenvalue weighted by molar-refractivity contribution is 5.97. The monoisotopic (exact) mass is 471 g/mol. The average Bonchev–Trinajstić information content (AvgIpc) is 3.44. The molecule has 35 heavy (non-hydrogen) atoms. The van der Waals surface area contributed by atoms with Crippen LogP contribution in [-0.2, 0) is 11.3 Å². The van der Waals surface area contributed by atoms with Crippen LogP contribution in [0.1, 0.15) is 23.7 Å². The molecule has 1 saturated heterocycles. The number of ether oxygens (including phenoxy) is 2. The second kappa shape index (κ2) is 9.80. The topological polar surface area (TPSA) is 76.8 Å². The molecule has 7 heteroatoms. The summed E-state index contributed by atoms with van der Waals surface area (Å²) in [5.74, 6) is 2.11. The fraction of sp³-hybridized carbons (Fsp3) is 0.286. The van der Waals surface area contributed by atoms with E-state index in [4.69, 9.17) is 14.5 Å². The van der Waals surface area contributed by atoms with Crippen LogP contribution < -0.4 is 14.4 Å². The molecule has 2 heterocycles. The van der Waals surface area contributed by atoms with Crippen molar-refractivity contribution in [2.75, 3.05) is 25.2 Å². The van der Waals surface area contributed by atoms with E-state index in [-0.39, 0.29) is 18.4 Å². The van der Waals surface area contributed by atoms with Crippen molar-refractivity contribution in [1.29, 1.82) is 0 Å². The summed E-state index contributed by atoms with van der Waals surface area (Å²) in [5.41, 5.74) is 3.69. The molecule has 0 aliphatic carbocycles. The third-order valence-electron chi connectivity index (χ3n) is 6.41. The van der Waals surface area contributed by atoms with Gasteiger partial charge < -0.3 is 24.0 Å². The maximum absolute atomic E-state index is 13.0. The van der Waals surface area contributed by atoms with Crippen LogP contribution in [-0.4, -0.2) is 46.9 Å². The molecular formula is C28H29N3O4. The first kappa shape index (κ1) is 22.9. The number of carbonyl (C=O) groups is 1. The smallest absolute Gasteiger partial charge is 0.227 e. The third-order valence-corrected chi connectivity index (χ3v) is 6.41. The van der Waals surface area contributed by atoms with Crippen molar-refractivity contribution in [2.24, 2.45) is 0 Å². The van der Waals surface area contributed by atoms with Gasteiger partial charge in [0.2, 0.25) is 5.91 Å². The van der Waals surface area contributed by atoms with E-state index in [1.807, 2.05) is 84.3 Å². The van der Waals surface area contributed by atoms with Crippen molar-refractivity contribution < 1.29 is 19.4 Å². The van der Waals surface area contributed by atoms with Gasteiger partial charge in [-0.3, -0.25) is 4.79 Å². The molecule has 180 valence electrons. The van der Waals surface area contributed by atoms with E-state index in [2.05, 4.69) is 0 Å². The van der Waals surface area contributed by atoms with Gasteiger partial charge in [-0.25, -0.2) is 4.98 Å². The van der Waals surface area contributed by atoms with Gasteiger partial charge in [0.05, 0.1) is 30.4 Å². The molecule has 2 atom stereocenters. The van der Waals surface area contributed by atoms with Crippen LogP contribution >= 0.6 is 0 Å². The minimum absolute atomic E-state index is 0.0290. The fourth-order valence-corrected chi connectivity index (χ4v) is 4.65. The number of fused-ring (bicyclic) bond motifs is 1. The first-order valence-electron chi connectivity index (χ1n) is 11.8. The van der Waals surface area contributed by atoms with Crippen molar-refractivity contribution in [3.63, 3.8) is 0 Å². The number of anilines is 1. The number of amides is 1. The molecule has 1 fully saturated rings. The molecule has 7 nitrogen and oxygen atoms in total. The van der Waals surface area contributed by atoms with Gasteiger partial charge in [-0.2, -0.15) is 0 Å². The zero-order valence-electron chi connectivity index (χ0n) is 19.9. The number of hydrogen-bond acceptors (Lipinski definition) is 5. The van der Waals surface area contributed by atoms with Crippen LogP contribution in [0.3, 0.4) is 0 Å². The summed E-state index contributed by atoms with van der Waals surface area (Å²) in [4.78, 5) is 19.7. The van der Waals surface area contributed by atoms with E-state index < -0.39 is 6.10 Å². The molecule has 1 N–H and O–H groups in total. The quantitative estimate of drug-likeness (QED) is 0.414. The van der Waals surface area contributed by atoms with Crippen molar-refractivity contribution in [2.45, 2.75) is 31.9 Å². The lowest BCUT2D eigenvalue weighted by Crippen LogP contribution is -2.26. The zero-order valence-corrected chi connectivity index (χ0v) is 19.9. The molecular weight excluding hydrogens is 442 g/mol. The molecule has 2 unspecified atom stereocenters. The Bertz CT molecular complexity index is 1330. The number of hydrogen-bond donors (Lipinski definition) is 1. The normalized spacial score (nSPS) is 16.6. The van der Waals surface area contributed by atoms with Crippen LogP contribution in [0.4, 0.5) is 5.69 Å². The van der Waals surface area contributed by atoms with Crippen molar-refractivity contribution in [3.8, 4) is 11.5 Å². The number of aromatic nitrogens is 2. The summed E-state index contributed by atoms with van der Waals surface area (Å²) in [6.07, 6.45) is -0.396. The number of aliphatic hydroxyl groups is 1. The van der Waals surface area contributed by atoms with E-state index in [0.717, 1.165) is 33.9 Å². The molecule has 1 aromatic heterocycles. The number of methoxy groups -OCH3 is 1. The molecule has 0 radical (unpaired) electrons. The molecule has 0 spiro atoms. The van der Waals surface area contributed by atoms with Crippen LogP contribution in [0.5, 0.6) is 11.5 Å². The van der Waals surface area contributed by atoms with Crippen LogP contribution in [0.2, 0.25) is 0 Å². The van der Waals surface area contributed by atoms with Crippen LogP contribution in [0.25, 0.3) is 11.0 Å². The molecule has 4 aromatic rings. The number of carbonyl (C=O) groups excluding carboxylic acids is 1. The molecule has 1 aliphatic rings. The van der Waals surface area contributed by atoms with Gasteiger partial charge in [0.25, 0.3) is 0 Å². The lowest BCUT2D eigenvalue weighted by molar-refractivity contribution is -0.117. The van der Waals surface area contributed by atoms with E-state index in [1.54, 1.807) is 12.0 Å². The van der Waals surface area contributed by atoms with Gasteiger partial charge in [0.15, 0.2) is 0 Å². The first-order chi connectivity index (χ1) is 17.0. The highest BCUT2D eigenvalue weighted by atomic mass is 16.5. The predicted octanol–water partition coefficient (Wildman–Crippen LogP) is 4.31. The van der Waals surface area contributed by atoms with Crippen molar-refractivity contribution in [3.05, 3.63) is 84.2 Å². The third kappa shape index (κ3) is 4.72. The van der Waals surface area contributed by atoms with Gasteiger partial charge in [0.1, 0.15) is 30.0 Å². The number of para-hydroxylation sites is 4. The second-order valence-corrected chi connectivity index (χ2v) is 8.92. The molecule has 0 bridgehead atoms. The Kier molecular flexibility index (Phi) is 6.42. The number of rotatable bonds is 8. The Morgan fingerprint density at radius 3 is 2.60 bits per heavy atom. The standard InChI is InChI=1S/C28H29N3O4/c1-19-11-13-22(14-12-19)35-18-21(32)17-31-24-8-4-3-7-23(24)29-28(31)20-15-27(33)30(16-20)25-9-5-6-10-26(25)34-2/h3-14,20-21,32H,15-18H2,1-2H3. The lowest BCUT2D eigenvalue weighted by atomic mass is 10.1. The second-order valence-electron chi connectivity index (χ2n) is 8.92. The van der Waals surface area contributed by atoms with Crippen LogP contribution in [0.15, 0.2) is 72.8 Å². The van der Waals surface area contributed by atoms with E-state index in [1.165, 1.54) is 0 Å².